The summed E-state index contributed by atoms with van der Waals surface area (Å²) >= 11 is 0. The maximum Gasteiger partial charge on any atom is 0.269 e. The Morgan fingerprint density at radius 1 is 1.29 bits per heavy atom. The number of benzene rings is 1. The minimum absolute atomic E-state index is 0.0199. The zero-order chi connectivity index (χ0) is 15.2. The third-order valence-corrected chi connectivity index (χ3v) is 3.94. The lowest BCUT2D eigenvalue weighted by molar-refractivity contribution is -0.384. The highest BCUT2D eigenvalue weighted by atomic mass is 16.6. The van der Waals surface area contributed by atoms with Gasteiger partial charge in [0.15, 0.2) is 0 Å². The first-order valence-corrected chi connectivity index (χ1v) is 7.23. The molecule has 1 saturated heterocycles. The van der Waals surface area contributed by atoms with Crippen LogP contribution in [0.3, 0.4) is 0 Å². The van der Waals surface area contributed by atoms with Crippen LogP contribution in [0, 0.1) is 21.4 Å². The Labute approximate surface area is 124 Å². The van der Waals surface area contributed by atoms with Gasteiger partial charge >= 0.3 is 0 Å². The lowest BCUT2D eigenvalue weighted by Gasteiger charge is -2.36. The SMILES string of the molecule is CCC(C#N)N1CCN(Cc2ccc([N+](=O)[O-])cc2)CC1. The Hall–Kier alpha value is -1.97. The van der Waals surface area contributed by atoms with Crippen LogP contribution >= 0.6 is 0 Å². The van der Waals surface area contributed by atoms with Crippen LogP contribution in [0.15, 0.2) is 24.3 Å². The van der Waals surface area contributed by atoms with Crippen molar-refractivity contribution < 1.29 is 4.92 Å². The molecular weight excluding hydrogens is 268 g/mol. The molecule has 0 radical (unpaired) electrons. The number of hydrogen-bond donors (Lipinski definition) is 0. The van der Waals surface area contributed by atoms with Gasteiger partial charge in [-0.05, 0) is 12.0 Å². The molecule has 0 N–H and O–H groups in total. The van der Waals surface area contributed by atoms with E-state index in [0.717, 1.165) is 44.7 Å². The monoisotopic (exact) mass is 288 g/mol. The number of nitro groups is 1. The normalized spacial score (nSPS) is 18.1. The number of hydrogen-bond acceptors (Lipinski definition) is 5. The summed E-state index contributed by atoms with van der Waals surface area (Å²) in [7, 11) is 0. The van der Waals surface area contributed by atoms with Crippen LogP contribution in [-0.2, 0) is 6.54 Å². The van der Waals surface area contributed by atoms with Gasteiger partial charge in [0.1, 0.15) is 0 Å². The average Bonchev–Trinajstić information content (AvgIpc) is 2.51. The summed E-state index contributed by atoms with van der Waals surface area (Å²) < 4.78 is 0. The summed E-state index contributed by atoms with van der Waals surface area (Å²) in [5, 5.41) is 19.7. The molecular formula is C15H20N4O2. The van der Waals surface area contributed by atoms with Crippen molar-refractivity contribution in [2.24, 2.45) is 0 Å². The highest BCUT2D eigenvalue weighted by molar-refractivity contribution is 5.32. The van der Waals surface area contributed by atoms with E-state index in [1.165, 1.54) is 0 Å². The molecule has 0 aliphatic carbocycles. The molecule has 1 aliphatic heterocycles. The number of nitriles is 1. The van der Waals surface area contributed by atoms with Crippen molar-refractivity contribution in [3.05, 3.63) is 39.9 Å². The quantitative estimate of drug-likeness (QED) is 0.612. The van der Waals surface area contributed by atoms with E-state index in [-0.39, 0.29) is 16.7 Å². The van der Waals surface area contributed by atoms with Crippen molar-refractivity contribution in [1.82, 2.24) is 9.80 Å². The summed E-state index contributed by atoms with van der Waals surface area (Å²) in [5.74, 6) is 0. The van der Waals surface area contributed by atoms with E-state index in [1.54, 1.807) is 12.1 Å². The smallest absolute Gasteiger partial charge is 0.269 e. The van der Waals surface area contributed by atoms with E-state index < -0.39 is 0 Å². The molecule has 112 valence electrons. The van der Waals surface area contributed by atoms with Gasteiger partial charge in [-0.1, -0.05) is 19.1 Å². The number of nitrogens with zero attached hydrogens (tertiary/aromatic N) is 4. The van der Waals surface area contributed by atoms with Crippen molar-refractivity contribution in [2.45, 2.75) is 25.9 Å². The summed E-state index contributed by atoms with van der Waals surface area (Å²) in [6, 6.07) is 9.09. The van der Waals surface area contributed by atoms with Crippen LogP contribution in [0.5, 0.6) is 0 Å². The molecule has 1 unspecified atom stereocenters. The van der Waals surface area contributed by atoms with Gasteiger partial charge in [0.05, 0.1) is 17.0 Å². The summed E-state index contributed by atoms with van der Waals surface area (Å²) in [4.78, 5) is 14.8. The van der Waals surface area contributed by atoms with Gasteiger partial charge in [0.25, 0.3) is 5.69 Å². The summed E-state index contributed by atoms with van der Waals surface area (Å²) in [6.45, 7) is 6.49. The fraction of sp³-hybridized carbons (Fsp3) is 0.533. The minimum atomic E-state index is -0.380. The van der Waals surface area contributed by atoms with Gasteiger partial charge < -0.3 is 0 Å². The van der Waals surface area contributed by atoms with Crippen molar-refractivity contribution >= 4 is 5.69 Å². The first-order valence-electron chi connectivity index (χ1n) is 7.23. The molecule has 2 rings (SSSR count). The standard InChI is InChI=1S/C15H20N4O2/c1-2-14(11-16)18-9-7-17(8-10-18)12-13-3-5-15(6-4-13)19(20)21/h3-6,14H,2,7-10,12H2,1H3. The van der Waals surface area contributed by atoms with Gasteiger partial charge in [0, 0.05) is 44.9 Å². The second-order valence-electron chi connectivity index (χ2n) is 5.29. The van der Waals surface area contributed by atoms with Gasteiger partial charge in [0.2, 0.25) is 0 Å². The largest absolute Gasteiger partial charge is 0.297 e. The molecule has 0 spiro atoms. The second kappa shape index (κ2) is 7.16. The van der Waals surface area contributed by atoms with E-state index >= 15 is 0 Å². The van der Waals surface area contributed by atoms with Crippen molar-refractivity contribution in [3.8, 4) is 6.07 Å². The third kappa shape index (κ3) is 4.00. The van der Waals surface area contributed by atoms with E-state index in [1.807, 2.05) is 19.1 Å². The van der Waals surface area contributed by atoms with Gasteiger partial charge in [-0.15, -0.1) is 0 Å². The van der Waals surface area contributed by atoms with Gasteiger partial charge in [-0.3, -0.25) is 19.9 Å². The number of nitro benzene ring substituents is 1. The molecule has 21 heavy (non-hydrogen) atoms. The Balaban J connectivity index is 1.86. The first-order chi connectivity index (χ1) is 10.1. The molecule has 0 amide bonds. The molecule has 1 heterocycles. The molecule has 6 nitrogen and oxygen atoms in total. The highest BCUT2D eigenvalue weighted by Gasteiger charge is 2.22. The molecule has 0 bridgehead atoms. The fourth-order valence-corrected chi connectivity index (χ4v) is 2.65. The summed E-state index contributed by atoms with van der Waals surface area (Å²) in [6.07, 6.45) is 0.860. The summed E-state index contributed by atoms with van der Waals surface area (Å²) in [5.41, 5.74) is 1.21. The second-order valence-corrected chi connectivity index (χ2v) is 5.29. The molecule has 1 fully saturated rings. The molecule has 6 heteroatoms. The zero-order valence-electron chi connectivity index (χ0n) is 12.2. The van der Waals surface area contributed by atoms with Crippen molar-refractivity contribution in [3.63, 3.8) is 0 Å². The Bertz CT molecular complexity index is 515. The maximum atomic E-state index is 10.6. The van der Waals surface area contributed by atoms with Gasteiger partial charge in [-0.25, -0.2) is 0 Å². The molecule has 0 saturated carbocycles. The van der Waals surface area contributed by atoms with Gasteiger partial charge in [-0.2, -0.15) is 5.26 Å². The molecule has 1 aliphatic rings. The molecule has 0 aromatic heterocycles. The Kier molecular flexibility index (Phi) is 5.26. The molecule has 1 aromatic rings. The van der Waals surface area contributed by atoms with Crippen LogP contribution < -0.4 is 0 Å². The van der Waals surface area contributed by atoms with E-state index in [0.29, 0.717) is 0 Å². The van der Waals surface area contributed by atoms with Crippen molar-refractivity contribution in [2.75, 3.05) is 26.2 Å². The van der Waals surface area contributed by atoms with Crippen LogP contribution in [0.25, 0.3) is 0 Å². The maximum absolute atomic E-state index is 10.6. The van der Waals surface area contributed by atoms with E-state index in [2.05, 4.69) is 15.9 Å². The Morgan fingerprint density at radius 2 is 1.90 bits per heavy atom. The lowest BCUT2D eigenvalue weighted by atomic mass is 10.1. The number of non-ortho nitro benzene ring substituents is 1. The van der Waals surface area contributed by atoms with E-state index in [4.69, 9.17) is 5.26 Å². The number of piperazine rings is 1. The zero-order valence-corrected chi connectivity index (χ0v) is 12.2. The first kappa shape index (κ1) is 15.4. The Morgan fingerprint density at radius 3 is 2.38 bits per heavy atom. The fourth-order valence-electron chi connectivity index (χ4n) is 2.65. The lowest BCUT2D eigenvalue weighted by Crippen LogP contribution is -2.49. The van der Waals surface area contributed by atoms with Crippen LogP contribution in [0.2, 0.25) is 0 Å². The van der Waals surface area contributed by atoms with Crippen molar-refractivity contribution in [1.29, 1.82) is 5.26 Å². The predicted octanol–water partition coefficient (Wildman–Crippen LogP) is 2.01. The average molecular weight is 288 g/mol. The minimum Gasteiger partial charge on any atom is -0.297 e. The van der Waals surface area contributed by atoms with Crippen LogP contribution in [0.4, 0.5) is 5.69 Å². The third-order valence-electron chi connectivity index (χ3n) is 3.94. The van der Waals surface area contributed by atoms with Crippen LogP contribution in [-0.4, -0.2) is 46.9 Å². The highest BCUT2D eigenvalue weighted by Crippen LogP contribution is 2.15. The topological polar surface area (TPSA) is 73.4 Å². The molecule has 1 atom stereocenters. The molecule has 1 aromatic carbocycles. The van der Waals surface area contributed by atoms with E-state index in [9.17, 15) is 10.1 Å². The predicted molar refractivity (Wildman–Crippen MR) is 79.6 cm³/mol. The number of rotatable bonds is 5. The van der Waals surface area contributed by atoms with Crippen LogP contribution in [0.1, 0.15) is 18.9 Å².